The van der Waals surface area contributed by atoms with E-state index in [0.29, 0.717) is 0 Å². The van der Waals surface area contributed by atoms with Gasteiger partial charge < -0.3 is 0 Å². The Kier molecular flexibility index (Phi) is 15.3. The Morgan fingerprint density at radius 1 is 0.271 bits per heavy atom. The van der Waals surface area contributed by atoms with Crippen LogP contribution in [0.2, 0.25) is 0 Å². The van der Waals surface area contributed by atoms with Crippen molar-refractivity contribution in [3.63, 3.8) is 0 Å². The summed E-state index contributed by atoms with van der Waals surface area (Å²) in [7, 11) is 9.87. The monoisotopic (exact) mass is 978 g/mol. The van der Waals surface area contributed by atoms with Gasteiger partial charge in [-0.15, -0.1) is 0 Å². The minimum atomic E-state index is -2.54. The molecular weight excluding hydrogens is 972 g/mol. The van der Waals surface area contributed by atoms with Crippen LogP contribution in [0.1, 0.15) is 0 Å². The summed E-state index contributed by atoms with van der Waals surface area (Å²) in [5.41, 5.74) is -7.97. The molecule has 310 valence electrons. The van der Waals surface area contributed by atoms with Crippen LogP contribution in [0.25, 0.3) is 0 Å². The van der Waals surface area contributed by atoms with Crippen molar-refractivity contribution in [2.45, 2.75) is 0 Å². The fourth-order valence-corrected chi connectivity index (χ4v) is 5.62. The molecule has 0 nitrogen and oxygen atoms in total. The second kappa shape index (κ2) is 19.0. The van der Waals surface area contributed by atoms with Crippen molar-refractivity contribution in [3.05, 3.63) is 165 Å². The van der Waals surface area contributed by atoms with Gasteiger partial charge in [-0.25, -0.2) is 112 Å². The van der Waals surface area contributed by atoms with E-state index in [2.05, 4.69) is 0 Å². The summed E-state index contributed by atoms with van der Waals surface area (Å²) in [6, 6.07) is 8.50. The van der Waals surface area contributed by atoms with Crippen LogP contribution in [0.3, 0.4) is 0 Å². The van der Waals surface area contributed by atoms with Gasteiger partial charge in [0.25, 0.3) is 0 Å². The van der Waals surface area contributed by atoms with E-state index in [-0.39, 0.29) is 0 Å². The quantitative estimate of drug-likeness (QED) is 0.0523. The first kappa shape index (κ1) is 47.5. The molecule has 0 saturated carbocycles. The average molecular weight is 980 g/mol. The molecule has 0 N–H and O–H groups in total. The predicted octanol–water partition coefficient (Wildman–Crippen LogP) is 8.00. The molecule has 0 heterocycles. The summed E-state index contributed by atoms with van der Waals surface area (Å²) in [5, 5.41) is 0. The first-order chi connectivity index (χ1) is 27.6. The second-order valence-electron chi connectivity index (χ2n) is 11.3. The van der Waals surface area contributed by atoms with Gasteiger partial charge in [0.1, 0.15) is 0 Å². The molecule has 0 bridgehead atoms. The molecule has 0 unspecified atom stereocenters. The summed E-state index contributed by atoms with van der Waals surface area (Å²) in [4.78, 5) is 0. The molecule has 0 aliphatic heterocycles. The van der Waals surface area contributed by atoms with Gasteiger partial charge in [-0.05, 0) is 21.9 Å². The van der Waals surface area contributed by atoms with Crippen molar-refractivity contribution in [3.8, 4) is 0 Å². The number of rotatable bonds is 6. The molecular formula is C34H8B2Cl2F20Zr-2. The fraction of sp³-hybridized carbons (Fsp3) is 0. The third-order valence-electron chi connectivity index (χ3n) is 8.17. The zero-order valence-corrected chi connectivity index (χ0v) is 31.6. The molecule has 6 aromatic rings. The normalized spacial score (nSPS) is 10.9. The topological polar surface area (TPSA) is 0 Å². The van der Waals surface area contributed by atoms with E-state index in [4.69, 9.17) is 17.0 Å². The van der Waals surface area contributed by atoms with Crippen molar-refractivity contribution in [2.24, 2.45) is 0 Å². The molecule has 0 saturated heterocycles. The summed E-state index contributed by atoms with van der Waals surface area (Å²) >= 11 is -0.826. The van der Waals surface area contributed by atoms with Crippen LogP contribution >= 0.6 is 17.0 Å². The molecule has 0 aliphatic carbocycles. The van der Waals surface area contributed by atoms with Crippen molar-refractivity contribution in [1.29, 1.82) is 0 Å². The molecule has 6 aromatic carbocycles. The molecule has 0 radical (unpaired) electrons. The maximum atomic E-state index is 14.2. The standard InChI is InChI=1S/2C17H4BF10.2ClH.Zr/c2*19-8-6(9(20)13(24)16(27)12(8)23)18(5-3-1-2-4-5)7-10(21)14(25)17(28)15(26)11(7)22;;;/h2*1-4H;2*1H;/q2*-1;;;+2/p-2. The molecule has 6 rings (SSSR count). The minimum absolute atomic E-state index is 0.466. The van der Waals surface area contributed by atoms with Crippen molar-refractivity contribution < 1.29 is 109 Å². The van der Waals surface area contributed by atoms with Crippen LogP contribution in [0, 0.1) is 116 Å². The maximum absolute atomic E-state index is 14.2. The molecule has 25 heteroatoms. The van der Waals surface area contributed by atoms with Crippen molar-refractivity contribution in [1.82, 2.24) is 0 Å². The van der Waals surface area contributed by atoms with E-state index in [1.807, 2.05) is 0 Å². The van der Waals surface area contributed by atoms with Crippen LogP contribution in [-0.4, -0.2) is 13.4 Å². The Bertz CT molecular complexity index is 2100. The Hall–Kier alpha value is -4.23. The van der Waals surface area contributed by atoms with Gasteiger partial charge in [-0.2, -0.15) is 35.2 Å². The Morgan fingerprint density at radius 3 is 0.525 bits per heavy atom. The summed E-state index contributed by atoms with van der Waals surface area (Å²) in [6.07, 6.45) is 0. The number of hydrogen-bond donors (Lipinski definition) is 0. The van der Waals surface area contributed by atoms with E-state index >= 15 is 0 Å². The Labute approximate surface area is 335 Å². The fourth-order valence-electron chi connectivity index (χ4n) is 5.62. The van der Waals surface area contributed by atoms with E-state index < -0.39 is 183 Å². The van der Waals surface area contributed by atoms with E-state index in [1.165, 1.54) is 24.3 Å². The van der Waals surface area contributed by atoms with Crippen LogP contribution in [0.5, 0.6) is 0 Å². The first-order valence-electron chi connectivity index (χ1n) is 15.0. The third kappa shape index (κ3) is 8.56. The Morgan fingerprint density at radius 2 is 0.390 bits per heavy atom. The molecule has 0 fully saturated rings. The van der Waals surface area contributed by atoms with E-state index in [9.17, 15) is 87.8 Å². The molecule has 59 heavy (non-hydrogen) atoms. The van der Waals surface area contributed by atoms with Gasteiger partial charge >= 0.3 is 37.9 Å². The molecule has 0 amide bonds. The van der Waals surface area contributed by atoms with Crippen molar-refractivity contribution >= 4 is 63.2 Å². The second-order valence-corrected chi connectivity index (χ2v) is 15.0. The van der Waals surface area contributed by atoms with E-state index in [1.54, 1.807) is 0 Å². The van der Waals surface area contributed by atoms with Gasteiger partial charge in [-0.3, -0.25) is 0 Å². The average Bonchev–Trinajstić information content (AvgIpc) is 3.96. The molecule has 0 aliphatic rings. The van der Waals surface area contributed by atoms with Gasteiger partial charge in [0, 0.05) is 0 Å². The van der Waals surface area contributed by atoms with Gasteiger partial charge in [0.2, 0.25) is 0 Å². The molecule has 0 aromatic heterocycles. The van der Waals surface area contributed by atoms with Crippen LogP contribution in [0.4, 0.5) is 87.8 Å². The molecule has 0 atom stereocenters. The van der Waals surface area contributed by atoms with Crippen LogP contribution in [0.15, 0.2) is 48.5 Å². The van der Waals surface area contributed by atoms with Crippen LogP contribution in [-0.2, 0) is 20.8 Å². The summed E-state index contributed by atoms with van der Waals surface area (Å²) < 4.78 is 276. The molecule has 0 spiro atoms. The van der Waals surface area contributed by atoms with Gasteiger partial charge in [0.15, 0.2) is 130 Å². The van der Waals surface area contributed by atoms with Gasteiger partial charge in [-0.1, -0.05) is 0 Å². The van der Waals surface area contributed by atoms with Crippen LogP contribution < -0.4 is 32.8 Å². The van der Waals surface area contributed by atoms with E-state index in [0.717, 1.165) is 24.3 Å². The predicted molar refractivity (Wildman–Crippen MR) is 170 cm³/mol. The van der Waals surface area contributed by atoms with Crippen molar-refractivity contribution in [2.75, 3.05) is 0 Å². The van der Waals surface area contributed by atoms with Gasteiger partial charge in [0.05, 0.1) is 0 Å². The third-order valence-corrected chi connectivity index (χ3v) is 8.17. The zero-order chi connectivity index (χ0) is 44.5. The first-order valence-corrected chi connectivity index (χ1v) is 21.4. The number of hydrogen-bond acceptors (Lipinski definition) is 0. The Balaban J connectivity index is 0.000000244. The number of halogens is 22. The zero-order valence-electron chi connectivity index (χ0n) is 27.6. The number of benzene rings is 4. The summed E-state index contributed by atoms with van der Waals surface area (Å²) in [6.45, 7) is -5.02. The summed E-state index contributed by atoms with van der Waals surface area (Å²) in [5.74, 6) is -49.4. The SMILES string of the molecule is Fc1c(F)c(F)c(B(c2c(F)c(F)c(F)c(F)c2F)[c-]2cccc2)c(F)c1F.Fc1c(F)c(F)c(B(c2c(F)c(F)c(F)c(F)c2F)[c-]2cccc2)c(F)c1F.[Cl][Zr][Cl].